The van der Waals surface area contributed by atoms with Gasteiger partial charge in [-0.05, 0) is 37.6 Å². The van der Waals surface area contributed by atoms with Crippen molar-refractivity contribution in [1.29, 1.82) is 0 Å². The van der Waals surface area contributed by atoms with Gasteiger partial charge in [-0.2, -0.15) is 5.10 Å². The molecule has 6 heteroatoms. The number of hydrogen-bond acceptors (Lipinski definition) is 4. The van der Waals surface area contributed by atoms with Crippen molar-refractivity contribution in [3.63, 3.8) is 0 Å². The van der Waals surface area contributed by atoms with Gasteiger partial charge in [-0.25, -0.2) is 9.67 Å². The molecule has 0 aliphatic rings. The van der Waals surface area contributed by atoms with Gasteiger partial charge in [-0.15, -0.1) is 11.3 Å². The Bertz CT molecular complexity index is 807. The molecule has 0 radical (unpaired) electrons. The SMILES string of the molecule is CCc1ccc(CNC(=O)c2cnn(-c3ccccn3)c2C)s1. The van der Waals surface area contributed by atoms with Crippen LogP contribution in [0.1, 0.15) is 32.7 Å². The number of aromatic nitrogens is 3. The molecule has 1 amide bonds. The fourth-order valence-corrected chi connectivity index (χ4v) is 3.21. The number of nitrogens with one attached hydrogen (secondary N) is 1. The van der Waals surface area contributed by atoms with Gasteiger partial charge in [-0.1, -0.05) is 13.0 Å². The highest BCUT2D eigenvalue weighted by Gasteiger charge is 2.15. The van der Waals surface area contributed by atoms with Gasteiger partial charge in [0.1, 0.15) is 0 Å². The summed E-state index contributed by atoms with van der Waals surface area (Å²) in [6.45, 7) is 4.54. The minimum Gasteiger partial charge on any atom is -0.347 e. The third-order valence-electron chi connectivity index (χ3n) is 3.61. The third-order valence-corrected chi connectivity index (χ3v) is 4.84. The predicted molar refractivity (Wildman–Crippen MR) is 91.0 cm³/mol. The molecule has 0 aromatic carbocycles. The first-order chi connectivity index (χ1) is 11.2. The van der Waals surface area contributed by atoms with E-state index in [4.69, 9.17) is 0 Å². The normalized spacial score (nSPS) is 10.7. The number of nitrogens with zero attached hydrogens (tertiary/aromatic N) is 3. The van der Waals surface area contributed by atoms with Crippen LogP contribution in [-0.4, -0.2) is 20.7 Å². The van der Waals surface area contributed by atoms with E-state index in [0.29, 0.717) is 17.9 Å². The number of thiophene rings is 1. The number of carbonyl (C=O) groups excluding carboxylic acids is 1. The zero-order valence-electron chi connectivity index (χ0n) is 13.1. The van der Waals surface area contributed by atoms with E-state index < -0.39 is 0 Å². The maximum Gasteiger partial charge on any atom is 0.255 e. The fourth-order valence-electron chi connectivity index (χ4n) is 2.31. The van der Waals surface area contributed by atoms with Crippen LogP contribution in [0.2, 0.25) is 0 Å². The van der Waals surface area contributed by atoms with Crippen molar-refractivity contribution >= 4 is 17.2 Å². The van der Waals surface area contributed by atoms with Crippen molar-refractivity contribution < 1.29 is 4.79 Å². The molecule has 23 heavy (non-hydrogen) atoms. The topological polar surface area (TPSA) is 59.8 Å². The zero-order valence-corrected chi connectivity index (χ0v) is 13.9. The molecule has 0 bridgehead atoms. The van der Waals surface area contributed by atoms with Crippen LogP contribution in [0.3, 0.4) is 0 Å². The first kappa shape index (κ1) is 15.4. The lowest BCUT2D eigenvalue weighted by molar-refractivity contribution is 0.0950. The highest BCUT2D eigenvalue weighted by Crippen LogP contribution is 2.17. The molecule has 0 saturated heterocycles. The number of rotatable bonds is 5. The van der Waals surface area contributed by atoms with Crippen molar-refractivity contribution in [2.45, 2.75) is 26.8 Å². The smallest absolute Gasteiger partial charge is 0.255 e. The van der Waals surface area contributed by atoms with Crippen LogP contribution < -0.4 is 5.32 Å². The second kappa shape index (κ2) is 6.75. The van der Waals surface area contributed by atoms with Crippen LogP contribution in [0, 0.1) is 6.92 Å². The van der Waals surface area contributed by atoms with Gasteiger partial charge in [-0.3, -0.25) is 4.79 Å². The summed E-state index contributed by atoms with van der Waals surface area (Å²) in [6.07, 6.45) is 4.32. The summed E-state index contributed by atoms with van der Waals surface area (Å²) >= 11 is 1.73. The molecule has 5 nitrogen and oxygen atoms in total. The first-order valence-electron chi connectivity index (χ1n) is 7.51. The Labute approximate surface area is 139 Å². The van der Waals surface area contributed by atoms with E-state index in [9.17, 15) is 4.79 Å². The van der Waals surface area contributed by atoms with E-state index in [1.165, 1.54) is 4.88 Å². The van der Waals surface area contributed by atoms with Gasteiger partial charge < -0.3 is 5.32 Å². The zero-order chi connectivity index (χ0) is 16.2. The minimum atomic E-state index is -0.115. The predicted octanol–water partition coefficient (Wildman–Crippen LogP) is 3.13. The number of pyridine rings is 1. The quantitative estimate of drug-likeness (QED) is 0.783. The molecule has 0 fully saturated rings. The van der Waals surface area contributed by atoms with E-state index in [2.05, 4.69) is 34.5 Å². The van der Waals surface area contributed by atoms with Crippen molar-refractivity contribution in [3.05, 3.63) is 63.7 Å². The lowest BCUT2D eigenvalue weighted by Gasteiger charge is -2.05. The maximum atomic E-state index is 12.4. The summed E-state index contributed by atoms with van der Waals surface area (Å²) in [4.78, 5) is 19.1. The second-order valence-corrected chi connectivity index (χ2v) is 6.40. The van der Waals surface area contributed by atoms with Gasteiger partial charge in [0.2, 0.25) is 0 Å². The Balaban J connectivity index is 1.72. The Morgan fingerprint density at radius 3 is 2.78 bits per heavy atom. The molecule has 118 valence electrons. The van der Waals surface area contributed by atoms with Crippen LogP contribution in [-0.2, 0) is 13.0 Å². The molecule has 3 aromatic heterocycles. The second-order valence-electron chi connectivity index (χ2n) is 5.15. The molecule has 0 unspecified atom stereocenters. The first-order valence-corrected chi connectivity index (χ1v) is 8.32. The Hall–Kier alpha value is -2.47. The van der Waals surface area contributed by atoms with E-state index in [1.54, 1.807) is 28.4 Å². The fraction of sp³-hybridized carbons (Fsp3) is 0.235. The molecule has 0 saturated carbocycles. The van der Waals surface area contributed by atoms with Gasteiger partial charge >= 0.3 is 0 Å². The molecule has 0 aliphatic heterocycles. The third kappa shape index (κ3) is 3.32. The van der Waals surface area contributed by atoms with Gasteiger partial charge in [0.25, 0.3) is 5.91 Å². The van der Waals surface area contributed by atoms with Crippen LogP contribution in [0.4, 0.5) is 0 Å². The Kier molecular flexibility index (Phi) is 4.52. The number of carbonyl (C=O) groups is 1. The molecular formula is C17H18N4OS. The molecule has 3 heterocycles. The largest absolute Gasteiger partial charge is 0.347 e. The van der Waals surface area contributed by atoms with E-state index >= 15 is 0 Å². The van der Waals surface area contributed by atoms with Gasteiger partial charge in [0.15, 0.2) is 5.82 Å². The van der Waals surface area contributed by atoms with Crippen LogP contribution in [0.15, 0.2) is 42.7 Å². The summed E-state index contributed by atoms with van der Waals surface area (Å²) in [7, 11) is 0. The van der Waals surface area contributed by atoms with Crippen molar-refractivity contribution in [2.75, 3.05) is 0 Å². The Morgan fingerprint density at radius 2 is 2.09 bits per heavy atom. The van der Waals surface area contributed by atoms with Crippen molar-refractivity contribution in [1.82, 2.24) is 20.1 Å². The maximum absolute atomic E-state index is 12.4. The molecule has 0 aliphatic carbocycles. The lowest BCUT2D eigenvalue weighted by atomic mass is 10.2. The molecule has 0 spiro atoms. The number of amides is 1. The molecule has 0 atom stereocenters. The number of hydrogen-bond donors (Lipinski definition) is 1. The number of aryl methyl sites for hydroxylation is 1. The summed E-state index contributed by atoms with van der Waals surface area (Å²) < 4.78 is 1.68. The van der Waals surface area contributed by atoms with Crippen molar-refractivity contribution in [3.8, 4) is 5.82 Å². The highest BCUT2D eigenvalue weighted by molar-refractivity contribution is 7.11. The minimum absolute atomic E-state index is 0.115. The van der Waals surface area contributed by atoms with Crippen LogP contribution in [0.25, 0.3) is 5.82 Å². The van der Waals surface area contributed by atoms with Crippen molar-refractivity contribution in [2.24, 2.45) is 0 Å². The Morgan fingerprint density at radius 1 is 1.26 bits per heavy atom. The average Bonchev–Trinajstić information content (AvgIpc) is 3.20. The average molecular weight is 326 g/mol. The van der Waals surface area contributed by atoms with Crippen LogP contribution in [0.5, 0.6) is 0 Å². The lowest BCUT2D eigenvalue weighted by Crippen LogP contribution is -2.22. The monoisotopic (exact) mass is 326 g/mol. The van der Waals surface area contributed by atoms with E-state index in [0.717, 1.165) is 17.0 Å². The summed E-state index contributed by atoms with van der Waals surface area (Å²) in [6, 6.07) is 9.77. The summed E-state index contributed by atoms with van der Waals surface area (Å²) in [5.74, 6) is 0.589. The molecule has 3 aromatic rings. The molecule has 3 rings (SSSR count). The molecular weight excluding hydrogens is 308 g/mol. The standard InChI is InChI=1S/C17H18N4OS/c1-3-13-7-8-14(23-13)10-19-17(22)15-11-20-21(12(15)2)16-6-4-5-9-18-16/h4-9,11H,3,10H2,1-2H3,(H,19,22). The summed E-state index contributed by atoms with van der Waals surface area (Å²) in [5, 5.41) is 7.23. The highest BCUT2D eigenvalue weighted by atomic mass is 32.1. The molecule has 1 N–H and O–H groups in total. The van der Waals surface area contributed by atoms with Gasteiger partial charge in [0.05, 0.1) is 24.0 Å². The van der Waals surface area contributed by atoms with Crippen LogP contribution >= 0.6 is 11.3 Å². The van der Waals surface area contributed by atoms with E-state index in [-0.39, 0.29) is 5.91 Å². The van der Waals surface area contributed by atoms with Gasteiger partial charge in [0, 0.05) is 16.0 Å². The summed E-state index contributed by atoms with van der Waals surface area (Å²) in [5.41, 5.74) is 1.35. The van der Waals surface area contributed by atoms with E-state index in [1.807, 2.05) is 25.1 Å².